The molecule has 0 aliphatic heterocycles. The second-order valence-electron chi connectivity index (χ2n) is 6.40. The van der Waals surface area contributed by atoms with Crippen molar-refractivity contribution in [2.75, 3.05) is 5.32 Å². The number of nitrogens with one attached hydrogen (secondary N) is 2. The Kier molecular flexibility index (Phi) is 3.73. The van der Waals surface area contributed by atoms with E-state index < -0.39 is 0 Å². The van der Waals surface area contributed by atoms with Gasteiger partial charge in [0.2, 0.25) is 0 Å². The zero-order valence-electron chi connectivity index (χ0n) is 14.6. The topological polar surface area (TPSA) is 53.6 Å². The third kappa shape index (κ3) is 2.98. The van der Waals surface area contributed by atoms with Gasteiger partial charge in [-0.25, -0.2) is 9.97 Å². The van der Waals surface area contributed by atoms with E-state index in [1.165, 1.54) is 11.1 Å². The van der Waals surface area contributed by atoms with Crippen molar-refractivity contribution >= 4 is 22.5 Å². The number of hydrogen-bond donors (Lipinski definition) is 2. The van der Waals surface area contributed by atoms with Crippen molar-refractivity contribution < 1.29 is 0 Å². The lowest BCUT2D eigenvalue weighted by molar-refractivity contribution is 1.19. The van der Waals surface area contributed by atoms with Gasteiger partial charge >= 0.3 is 0 Å². The minimum Gasteiger partial charge on any atom is -0.343 e. The number of aryl methyl sites for hydroxylation is 3. The third-order valence-corrected chi connectivity index (χ3v) is 4.42. The van der Waals surface area contributed by atoms with Gasteiger partial charge < -0.3 is 10.3 Å². The molecule has 4 heteroatoms. The van der Waals surface area contributed by atoms with Gasteiger partial charge in [-0.1, -0.05) is 36.4 Å². The van der Waals surface area contributed by atoms with Crippen LogP contribution in [0.4, 0.5) is 11.5 Å². The maximum Gasteiger partial charge on any atom is 0.163 e. The smallest absolute Gasteiger partial charge is 0.163 e. The minimum atomic E-state index is 0.710. The number of H-pyrrole nitrogens is 1. The van der Waals surface area contributed by atoms with E-state index in [1.54, 1.807) is 0 Å². The fourth-order valence-corrected chi connectivity index (χ4v) is 2.91. The predicted molar refractivity (Wildman–Crippen MR) is 103 cm³/mol. The number of nitrogens with zero attached hydrogens (tertiary/aromatic N) is 2. The average Bonchev–Trinajstić information content (AvgIpc) is 2.99. The van der Waals surface area contributed by atoms with Crippen molar-refractivity contribution in [1.82, 2.24) is 15.0 Å². The fraction of sp³-hybridized carbons (Fsp3) is 0.143. The molecule has 0 bridgehead atoms. The normalized spacial score (nSPS) is 11.0. The van der Waals surface area contributed by atoms with E-state index in [-0.39, 0.29) is 0 Å². The maximum atomic E-state index is 4.79. The van der Waals surface area contributed by atoms with Crippen molar-refractivity contribution in [3.63, 3.8) is 0 Å². The molecule has 0 radical (unpaired) electrons. The van der Waals surface area contributed by atoms with E-state index in [2.05, 4.69) is 48.4 Å². The Morgan fingerprint density at radius 1 is 0.840 bits per heavy atom. The Hall–Kier alpha value is -3.14. The Morgan fingerprint density at radius 2 is 1.64 bits per heavy atom. The molecule has 2 heterocycles. The molecular weight excluding hydrogens is 308 g/mol. The van der Waals surface area contributed by atoms with Crippen LogP contribution in [0.1, 0.15) is 16.8 Å². The largest absolute Gasteiger partial charge is 0.343 e. The molecule has 2 aromatic carbocycles. The van der Waals surface area contributed by atoms with E-state index in [0.29, 0.717) is 5.82 Å². The summed E-state index contributed by atoms with van der Waals surface area (Å²) in [6, 6.07) is 18.5. The van der Waals surface area contributed by atoms with Gasteiger partial charge in [-0.15, -0.1) is 0 Å². The second-order valence-corrected chi connectivity index (χ2v) is 6.40. The molecule has 124 valence electrons. The van der Waals surface area contributed by atoms with Crippen molar-refractivity contribution in [2.24, 2.45) is 0 Å². The van der Waals surface area contributed by atoms with Crippen molar-refractivity contribution in [1.29, 1.82) is 0 Å². The van der Waals surface area contributed by atoms with Gasteiger partial charge in [-0.05, 0) is 50.1 Å². The van der Waals surface area contributed by atoms with Crippen molar-refractivity contribution in [3.05, 3.63) is 71.4 Å². The van der Waals surface area contributed by atoms with Gasteiger partial charge in [0.15, 0.2) is 5.82 Å². The first-order valence-corrected chi connectivity index (χ1v) is 8.37. The number of fused-ring (bicyclic) bond motifs is 1. The van der Waals surface area contributed by atoms with E-state index >= 15 is 0 Å². The number of anilines is 2. The molecule has 4 nitrogen and oxygen atoms in total. The molecule has 0 fully saturated rings. The van der Waals surface area contributed by atoms with Crippen molar-refractivity contribution in [2.45, 2.75) is 20.8 Å². The number of benzene rings is 2. The standard InChI is InChI=1S/C21H20N4/c1-13-9-10-17(11-14(13)2)23-21-18-12-15(3)22-20(18)24-19(25-21)16-7-5-4-6-8-16/h4-12H,1-3H3,(H2,22,23,24,25). The molecule has 0 spiro atoms. The Labute approximate surface area is 147 Å². The highest BCUT2D eigenvalue weighted by atomic mass is 15.1. The molecule has 0 saturated heterocycles. The van der Waals surface area contributed by atoms with Crippen LogP contribution in [0, 0.1) is 20.8 Å². The number of rotatable bonds is 3. The highest BCUT2D eigenvalue weighted by Crippen LogP contribution is 2.28. The Balaban J connectivity index is 1.84. The molecule has 2 aromatic heterocycles. The SMILES string of the molecule is Cc1cc2c(Nc3ccc(C)c(C)c3)nc(-c3ccccc3)nc2[nH]1. The summed E-state index contributed by atoms with van der Waals surface area (Å²) in [5.74, 6) is 1.53. The third-order valence-electron chi connectivity index (χ3n) is 4.42. The van der Waals surface area contributed by atoms with Gasteiger partial charge in [-0.3, -0.25) is 0 Å². The van der Waals surface area contributed by atoms with Crippen LogP contribution < -0.4 is 5.32 Å². The number of aromatic nitrogens is 3. The molecule has 0 atom stereocenters. The first kappa shape index (κ1) is 15.4. The summed E-state index contributed by atoms with van der Waals surface area (Å²) in [5.41, 5.74) is 6.47. The summed E-state index contributed by atoms with van der Waals surface area (Å²) in [6.07, 6.45) is 0. The Bertz CT molecular complexity index is 1050. The van der Waals surface area contributed by atoms with Gasteiger partial charge in [-0.2, -0.15) is 0 Å². The Morgan fingerprint density at radius 3 is 2.40 bits per heavy atom. The van der Waals surface area contributed by atoms with Gasteiger partial charge in [0.1, 0.15) is 11.5 Å². The van der Waals surface area contributed by atoms with Crippen LogP contribution in [-0.2, 0) is 0 Å². The van der Waals surface area contributed by atoms with Gasteiger partial charge in [0.25, 0.3) is 0 Å². The second kappa shape index (κ2) is 6.06. The monoisotopic (exact) mass is 328 g/mol. The summed E-state index contributed by atoms with van der Waals surface area (Å²) in [5, 5.41) is 4.46. The lowest BCUT2D eigenvalue weighted by Gasteiger charge is -2.10. The van der Waals surface area contributed by atoms with Gasteiger partial charge in [0.05, 0.1) is 5.39 Å². The fourth-order valence-electron chi connectivity index (χ4n) is 2.91. The van der Waals surface area contributed by atoms with Crippen LogP contribution in [-0.4, -0.2) is 15.0 Å². The van der Waals surface area contributed by atoms with Crippen LogP contribution in [0.5, 0.6) is 0 Å². The van der Waals surface area contributed by atoms with E-state index in [0.717, 1.165) is 33.8 Å². The quantitative estimate of drug-likeness (QED) is 0.537. The summed E-state index contributed by atoms with van der Waals surface area (Å²) >= 11 is 0. The lowest BCUT2D eigenvalue weighted by Crippen LogP contribution is -1.99. The summed E-state index contributed by atoms with van der Waals surface area (Å²) in [7, 11) is 0. The minimum absolute atomic E-state index is 0.710. The van der Waals surface area contributed by atoms with Crippen LogP contribution in [0.3, 0.4) is 0 Å². The highest BCUT2D eigenvalue weighted by molar-refractivity contribution is 5.91. The van der Waals surface area contributed by atoms with Crippen LogP contribution in [0.15, 0.2) is 54.6 Å². The summed E-state index contributed by atoms with van der Waals surface area (Å²) < 4.78 is 0. The van der Waals surface area contributed by atoms with Crippen molar-refractivity contribution in [3.8, 4) is 11.4 Å². The van der Waals surface area contributed by atoms with Crippen LogP contribution in [0.2, 0.25) is 0 Å². The van der Waals surface area contributed by atoms with E-state index in [9.17, 15) is 0 Å². The summed E-state index contributed by atoms with van der Waals surface area (Å²) in [4.78, 5) is 12.8. The highest BCUT2D eigenvalue weighted by Gasteiger charge is 2.12. The first-order valence-electron chi connectivity index (χ1n) is 8.37. The molecule has 0 aliphatic carbocycles. The molecule has 0 amide bonds. The predicted octanol–water partition coefficient (Wildman–Crippen LogP) is 5.29. The van der Waals surface area contributed by atoms with Crippen LogP contribution >= 0.6 is 0 Å². The molecule has 0 unspecified atom stereocenters. The maximum absolute atomic E-state index is 4.79. The number of aromatic amines is 1. The van der Waals surface area contributed by atoms with E-state index in [4.69, 9.17) is 9.97 Å². The van der Waals surface area contributed by atoms with E-state index in [1.807, 2.05) is 37.3 Å². The first-order chi connectivity index (χ1) is 12.1. The molecule has 4 aromatic rings. The zero-order chi connectivity index (χ0) is 17.4. The van der Waals surface area contributed by atoms with Gasteiger partial charge in [0, 0.05) is 16.9 Å². The molecule has 2 N–H and O–H groups in total. The molecular formula is C21H20N4. The zero-order valence-corrected chi connectivity index (χ0v) is 14.6. The van der Waals surface area contributed by atoms with Crippen LogP contribution in [0.25, 0.3) is 22.4 Å². The molecule has 0 aliphatic rings. The summed E-state index contributed by atoms with van der Waals surface area (Å²) in [6.45, 7) is 6.26. The molecule has 0 saturated carbocycles. The lowest BCUT2D eigenvalue weighted by atomic mass is 10.1. The average molecular weight is 328 g/mol. The molecule has 25 heavy (non-hydrogen) atoms. The number of hydrogen-bond acceptors (Lipinski definition) is 3. The molecule has 4 rings (SSSR count).